The highest BCUT2D eigenvalue weighted by atomic mass is 16.5. The summed E-state index contributed by atoms with van der Waals surface area (Å²) in [6.45, 7) is 4.39. The van der Waals surface area contributed by atoms with Crippen molar-refractivity contribution in [2.24, 2.45) is 5.92 Å². The molecule has 2 rings (SSSR count). The molecule has 21 heavy (non-hydrogen) atoms. The van der Waals surface area contributed by atoms with Crippen molar-refractivity contribution in [1.29, 1.82) is 0 Å². The third-order valence-electron chi connectivity index (χ3n) is 3.53. The molecule has 2 unspecified atom stereocenters. The number of ketones is 1. The Hall–Kier alpha value is -2.10. The highest BCUT2D eigenvalue weighted by molar-refractivity contribution is 6.06. The van der Waals surface area contributed by atoms with Gasteiger partial charge in [0.2, 0.25) is 0 Å². The fraction of sp³-hybridized carbons (Fsp3) is 0.412. The van der Waals surface area contributed by atoms with Crippen molar-refractivity contribution in [3.05, 3.63) is 47.7 Å². The molecule has 4 heteroatoms. The maximum absolute atomic E-state index is 12.3. The topological polar surface area (TPSA) is 52.6 Å². The summed E-state index contributed by atoms with van der Waals surface area (Å²) in [5.41, 5.74) is 0.953. The quantitative estimate of drug-likeness (QED) is 0.617. The molecule has 0 aliphatic heterocycles. The Morgan fingerprint density at radius 3 is 2.52 bits per heavy atom. The molecule has 1 aliphatic carbocycles. The van der Waals surface area contributed by atoms with Crippen LogP contribution in [0.2, 0.25) is 0 Å². The van der Waals surface area contributed by atoms with E-state index in [1.165, 1.54) is 6.08 Å². The van der Waals surface area contributed by atoms with Crippen LogP contribution in [0.1, 0.15) is 31.7 Å². The first kappa shape index (κ1) is 15.3. The number of ether oxygens (including phenoxy) is 2. The highest BCUT2D eigenvalue weighted by Crippen LogP contribution is 2.37. The van der Waals surface area contributed by atoms with Crippen molar-refractivity contribution in [2.45, 2.75) is 26.2 Å². The van der Waals surface area contributed by atoms with Gasteiger partial charge in [-0.3, -0.25) is 9.59 Å². The van der Waals surface area contributed by atoms with Gasteiger partial charge >= 0.3 is 5.97 Å². The van der Waals surface area contributed by atoms with Gasteiger partial charge in [0.15, 0.2) is 5.78 Å². The Bertz CT molecular complexity index is 533. The van der Waals surface area contributed by atoms with Crippen molar-refractivity contribution >= 4 is 11.8 Å². The monoisotopic (exact) mass is 288 g/mol. The van der Waals surface area contributed by atoms with Crippen LogP contribution in [0.15, 0.2) is 42.2 Å². The lowest BCUT2D eigenvalue weighted by molar-refractivity contribution is -0.152. The molecule has 2 atom stereocenters. The van der Waals surface area contributed by atoms with E-state index in [2.05, 4.69) is 0 Å². The van der Waals surface area contributed by atoms with Crippen LogP contribution in [0, 0.1) is 5.92 Å². The minimum absolute atomic E-state index is 0.232. The van der Waals surface area contributed by atoms with Gasteiger partial charge in [0.1, 0.15) is 11.7 Å². The molecule has 0 N–H and O–H groups in total. The number of benzene rings is 1. The summed E-state index contributed by atoms with van der Waals surface area (Å²) >= 11 is 0. The average molecular weight is 288 g/mol. The van der Waals surface area contributed by atoms with Crippen molar-refractivity contribution in [2.75, 3.05) is 13.2 Å². The molecule has 1 aromatic rings. The second kappa shape index (κ2) is 7.07. The largest absolute Gasteiger partial charge is 0.498 e. The van der Waals surface area contributed by atoms with Crippen LogP contribution in [-0.2, 0) is 19.1 Å². The van der Waals surface area contributed by atoms with Crippen LogP contribution in [-0.4, -0.2) is 25.0 Å². The molecule has 0 saturated carbocycles. The van der Waals surface area contributed by atoms with Crippen molar-refractivity contribution in [1.82, 2.24) is 0 Å². The highest BCUT2D eigenvalue weighted by Gasteiger charge is 2.40. The van der Waals surface area contributed by atoms with E-state index < -0.39 is 11.9 Å². The van der Waals surface area contributed by atoms with Gasteiger partial charge in [-0.25, -0.2) is 0 Å². The predicted octanol–water partition coefficient (Wildman–Crippen LogP) is 2.84. The van der Waals surface area contributed by atoms with Crippen molar-refractivity contribution < 1.29 is 19.1 Å². The number of carbonyl (C=O) groups excluding carboxylic acids is 2. The standard InChI is InChI=1S/C17H20O4/c1-3-20-13-10-14(12-8-6-5-7-9-12)16(15(18)11-13)17(19)21-4-2/h5-9,11,14,16H,3-4,10H2,1-2H3. The lowest BCUT2D eigenvalue weighted by atomic mass is 9.77. The van der Waals surface area contributed by atoms with E-state index in [0.717, 1.165) is 5.56 Å². The van der Waals surface area contributed by atoms with Gasteiger partial charge in [0.25, 0.3) is 0 Å². The number of allylic oxidation sites excluding steroid dienone is 2. The summed E-state index contributed by atoms with van der Waals surface area (Å²) in [5.74, 6) is -1.07. The molecule has 0 heterocycles. The zero-order valence-corrected chi connectivity index (χ0v) is 12.4. The van der Waals surface area contributed by atoms with Crippen LogP contribution in [0.5, 0.6) is 0 Å². The molecule has 0 radical (unpaired) electrons. The van der Waals surface area contributed by atoms with Crippen LogP contribution >= 0.6 is 0 Å². The SMILES string of the molecule is CCOC(=O)C1C(=O)C=C(OCC)CC1c1ccccc1. The minimum atomic E-state index is -0.781. The summed E-state index contributed by atoms with van der Waals surface area (Å²) in [4.78, 5) is 24.5. The molecule has 1 aromatic carbocycles. The summed E-state index contributed by atoms with van der Waals surface area (Å²) in [6, 6.07) is 9.58. The van der Waals surface area contributed by atoms with E-state index in [4.69, 9.17) is 9.47 Å². The molecule has 0 saturated heterocycles. The first-order valence-electron chi connectivity index (χ1n) is 7.26. The van der Waals surface area contributed by atoms with Gasteiger partial charge in [0, 0.05) is 18.4 Å². The Labute approximate surface area is 124 Å². The molecule has 0 fully saturated rings. The van der Waals surface area contributed by atoms with Gasteiger partial charge < -0.3 is 9.47 Å². The fourth-order valence-electron chi connectivity index (χ4n) is 2.65. The molecule has 0 bridgehead atoms. The predicted molar refractivity (Wildman–Crippen MR) is 78.6 cm³/mol. The number of hydrogen-bond donors (Lipinski definition) is 0. The maximum atomic E-state index is 12.3. The average Bonchev–Trinajstić information content (AvgIpc) is 2.48. The Morgan fingerprint density at radius 2 is 1.90 bits per heavy atom. The van der Waals surface area contributed by atoms with E-state index in [1.807, 2.05) is 37.3 Å². The summed E-state index contributed by atoms with van der Waals surface area (Å²) in [5, 5.41) is 0. The molecular formula is C17H20O4. The number of esters is 1. The van der Waals surface area contributed by atoms with Gasteiger partial charge in [-0.05, 0) is 19.4 Å². The first-order chi connectivity index (χ1) is 10.2. The van der Waals surface area contributed by atoms with E-state index in [-0.39, 0.29) is 18.3 Å². The normalized spacial score (nSPS) is 21.6. The molecule has 1 aliphatic rings. The lowest BCUT2D eigenvalue weighted by Gasteiger charge is -2.28. The second-order valence-corrected chi connectivity index (χ2v) is 4.90. The Balaban J connectivity index is 2.34. The molecule has 0 spiro atoms. The minimum Gasteiger partial charge on any atom is -0.498 e. The summed E-state index contributed by atoms with van der Waals surface area (Å²) < 4.78 is 10.6. The van der Waals surface area contributed by atoms with Crippen LogP contribution in [0.3, 0.4) is 0 Å². The van der Waals surface area contributed by atoms with E-state index in [1.54, 1.807) is 6.92 Å². The fourth-order valence-corrected chi connectivity index (χ4v) is 2.65. The number of hydrogen-bond acceptors (Lipinski definition) is 4. The van der Waals surface area contributed by atoms with Gasteiger partial charge in [-0.1, -0.05) is 30.3 Å². The van der Waals surface area contributed by atoms with Gasteiger partial charge in [-0.2, -0.15) is 0 Å². The lowest BCUT2D eigenvalue weighted by Crippen LogP contribution is -2.34. The molecule has 0 amide bonds. The molecule has 0 aromatic heterocycles. The number of rotatable bonds is 5. The van der Waals surface area contributed by atoms with Crippen LogP contribution < -0.4 is 0 Å². The smallest absolute Gasteiger partial charge is 0.317 e. The van der Waals surface area contributed by atoms with E-state index in [0.29, 0.717) is 18.8 Å². The number of carbonyl (C=O) groups is 2. The second-order valence-electron chi connectivity index (χ2n) is 4.90. The van der Waals surface area contributed by atoms with E-state index in [9.17, 15) is 9.59 Å². The molecule has 112 valence electrons. The zero-order chi connectivity index (χ0) is 15.2. The molecule has 4 nitrogen and oxygen atoms in total. The maximum Gasteiger partial charge on any atom is 0.317 e. The van der Waals surface area contributed by atoms with E-state index >= 15 is 0 Å². The Kier molecular flexibility index (Phi) is 5.14. The molecular weight excluding hydrogens is 268 g/mol. The summed E-state index contributed by atoms with van der Waals surface area (Å²) in [6.07, 6.45) is 1.97. The van der Waals surface area contributed by atoms with Gasteiger partial charge in [0.05, 0.1) is 13.2 Å². The van der Waals surface area contributed by atoms with Crippen molar-refractivity contribution in [3.8, 4) is 0 Å². The van der Waals surface area contributed by atoms with Crippen LogP contribution in [0.25, 0.3) is 0 Å². The zero-order valence-electron chi connectivity index (χ0n) is 12.4. The third-order valence-corrected chi connectivity index (χ3v) is 3.53. The third kappa shape index (κ3) is 3.51. The van der Waals surface area contributed by atoms with Crippen LogP contribution in [0.4, 0.5) is 0 Å². The first-order valence-corrected chi connectivity index (χ1v) is 7.26. The van der Waals surface area contributed by atoms with Crippen molar-refractivity contribution in [3.63, 3.8) is 0 Å². The Morgan fingerprint density at radius 1 is 1.19 bits per heavy atom. The summed E-state index contributed by atoms with van der Waals surface area (Å²) in [7, 11) is 0. The van der Waals surface area contributed by atoms with Gasteiger partial charge in [-0.15, -0.1) is 0 Å².